The van der Waals surface area contributed by atoms with Crippen LogP contribution >= 0.6 is 24.0 Å². The molecule has 1 aromatic carbocycles. The summed E-state index contributed by atoms with van der Waals surface area (Å²) in [5.74, 6) is 0. The summed E-state index contributed by atoms with van der Waals surface area (Å²) in [6.45, 7) is 2.05. The van der Waals surface area contributed by atoms with E-state index in [9.17, 15) is 0 Å². The zero-order valence-corrected chi connectivity index (χ0v) is 8.53. The Labute approximate surface area is 84.3 Å². The van der Waals surface area contributed by atoms with Gasteiger partial charge in [0.1, 0.15) is 0 Å². The summed E-state index contributed by atoms with van der Waals surface area (Å²) < 4.78 is 0. The summed E-state index contributed by atoms with van der Waals surface area (Å²) in [7, 11) is 0. The topological polar surface area (TPSA) is 26.0 Å². The van der Waals surface area contributed by atoms with Crippen LogP contribution in [-0.2, 0) is 0 Å². The zero-order chi connectivity index (χ0) is 8.27. The van der Waals surface area contributed by atoms with E-state index in [-0.39, 0.29) is 18.4 Å². The monoisotopic (exact) mass is 205 g/mol. The second kappa shape index (κ2) is 5.41. The molecule has 0 saturated carbocycles. The third kappa shape index (κ3) is 2.67. The minimum absolute atomic E-state index is 0. The van der Waals surface area contributed by atoms with Crippen molar-refractivity contribution in [2.45, 2.75) is 19.4 Å². The van der Waals surface area contributed by atoms with Crippen LogP contribution in [0.15, 0.2) is 24.3 Å². The van der Waals surface area contributed by atoms with Crippen LogP contribution in [0.3, 0.4) is 0 Å². The minimum Gasteiger partial charge on any atom is -0.324 e. The van der Waals surface area contributed by atoms with E-state index in [1.807, 2.05) is 31.2 Å². The smallest absolute Gasteiger partial charge is 0.0453 e. The molecule has 1 rings (SSSR count). The predicted octanol–water partition coefficient (Wildman–Crippen LogP) is 3.17. The van der Waals surface area contributed by atoms with Crippen molar-refractivity contribution in [1.29, 1.82) is 0 Å². The van der Waals surface area contributed by atoms with Crippen molar-refractivity contribution in [1.82, 2.24) is 0 Å². The molecule has 1 atom stereocenters. The molecule has 1 nitrogen and oxygen atoms in total. The molecule has 0 spiro atoms. The molecule has 3 heteroatoms. The fourth-order valence-corrected chi connectivity index (χ4v) is 1.27. The van der Waals surface area contributed by atoms with Gasteiger partial charge in [-0.05, 0) is 18.1 Å². The van der Waals surface area contributed by atoms with E-state index < -0.39 is 0 Å². The first-order valence-corrected chi connectivity index (χ1v) is 4.13. The largest absolute Gasteiger partial charge is 0.324 e. The van der Waals surface area contributed by atoms with Crippen LogP contribution in [0.5, 0.6) is 0 Å². The Morgan fingerprint density at radius 3 is 2.50 bits per heavy atom. The molecule has 0 aliphatic heterocycles. The van der Waals surface area contributed by atoms with Gasteiger partial charge in [-0.2, -0.15) is 0 Å². The predicted molar refractivity (Wildman–Crippen MR) is 55.9 cm³/mol. The fraction of sp³-hybridized carbons (Fsp3) is 0.333. The van der Waals surface area contributed by atoms with E-state index in [4.69, 9.17) is 17.3 Å². The lowest BCUT2D eigenvalue weighted by Crippen LogP contribution is -2.08. The van der Waals surface area contributed by atoms with Crippen LogP contribution in [0.2, 0.25) is 5.02 Å². The highest BCUT2D eigenvalue weighted by molar-refractivity contribution is 6.31. The van der Waals surface area contributed by atoms with Gasteiger partial charge in [-0.1, -0.05) is 36.7 Å². The van der Waals surface area contributed by atoms with Crippen molar-refractivity contribution in [2.24, 2.45) is 5.73 Å². The maximum absolute atomic E-state index is 5.92. The number of nitrogens with two attached hydrogens (primary N) is 1. The van der Waals surface area contributed by atoms with Gasteiger partial charge in [-0.15, -0.1) is 12.4 Å². The van der Waals surface area contributed by atoms with Crippen molar-refractivity contribution in [2.75, 3.05) is 0 Å². The van der Waals surface area contributed by atoms with E-state index in [2.05, 4.69) is 0 Å². The second-order valence-corrected chi connectivity index (χ2v) is 2.94. The molecule has 0 aliphatic rings. The van der Waals surface area contributed by atoms with E-state index in [0.717, 1.165) is 17.0 Å². The standard InChI is InChI=1S/C9H12ClN.ClH/c1-2-9(11)7-5-3-4-6-8(7)10;/h3-6,9H,2,11H2,1H3;1H. The molecule has 68 valence electrons. The molecule has 1 unspecified atom stereocenters. The summed E-state index contributed by atoms with van der Waals surface area (Å²) in [6.07, 6.45) is 0.920. The van der Waals surface area contributed by atoms with Crippen LogP contribution in [0, 0.1) is 0 Å². The summed E-state index contributed by atoms with van der Waals surface area (Å²) in [4.78, 5) is 0. The number of hydrogen-bond donors (Lipinski definition) is 1. The van der Waals surface area contributed by atoms with Crippen molar-refractivity contribution in [3.63, 3.8) is 0 Å². The quantitative estimate of drug-likeness (QED) is 0.790. The fourth-order valence-electron chi connectivity index (χ4n) is 0.996. The van der Waals surface area contributed by atoms with Gasteiger partial charge in [0.2, 0.25) is 0 Å². The number of halogens is 2. The molecule has 0 amide bonds. The lowest BCUT2D eigenvalue weighted by Gasteiger charge is -2.09. The summed E-state index contributed by atoms with van der Waals surface area (Å²) in [5, 5.41) is 0.766. The number of hydrogen-bond acceptors (Lipinski definition) is 1. The molecule has 2 N–H and O–H groups in total. The van der Waals surface area contributed by atoms with Crippen LogP contribution < -0.4 is 5.73 Å². The van der Waals surface area contributed by atoms with E-state index in [1.54, 1.807) is 0 Å². The number of benzene rings is 1. The molecular formula is C9H13Cl2N. The third-order valence-corrected chi connectivity index (χ3v) is 2.09. The SMILES string of the molecule is CCC(N)c1ccccc1Cl.Cl. The van der Waals surface area contributed by atoms with Gasteiger partial charge in [0, 0.05) is 11.1 Å². The molecular weight excluding hydrogens is 193 g/mol. The Morgan fingerprint density at radius 1 is 1.42 bits per heavy atom. The van der Waals surface area contributed by atoms with Gasteiger partial charge in [0.25, 0.3) is 0 Å². The molecule has 12 heavy (non-hydrogen) atoms. The maximum Gasteiger partial charge on any atom is 0.0453 e. The van der Waals surface area contributed by atoms with Crippen molar-refractivity contribution in [3.05, 3.63) is 34.9 Å². The molecule has 0 radical (unpaired) electrons. The molecule has 0 heterocycles. The van der Waals surface area contributed by atoms with Crippen LogP contribution in [0.4, 0.5) is 0 Å². The summed E-state index contributed by atoms with van der Waals surface area (Å²) in [6, 6.07) is 7.78. The van der Waals surface area contributed by atoms with Crippen molar-refractivity contribution < 1.29 is 0 Å². The van der Waals surface area contributed by atoms with Crippen molar-refractivity contribution >= 4 is 24.0 Å². The van der Waals surface area contributed by atoms with Gasteiger partial charge in [-0.25, -0.2) is 0 Å². The Bertz CT molecular complexity index is 238. The van der Waals surface area contributed by atoms with Gasteiger partial charge in [-0.3, -0.25) is 0 Å². The van der Waals surface area contributed by atoms with Gasteiger partial charge >= 0.3 is 0 Å². The highest BCUT2D eigenvalue weighted by Crippen LogP contribution is 2.22. The van der Waals surface area contributed by atoms with E-state index >= 15 is 0 Å². The molecule has 0 bridgehead atoms. The van der Waals surface area contributed by atoms with Crippen LogP contribution in [0.1, 0.15) is 24.9 Å². The normalized spacial score (nSPS) is 11.9. The molecule has 1 aromatic rings. The highest BCUT2D eigenvalue weighted by atomic mass is 35.5. The first-order chi connectivity index (χ1) is 5.25. The van der Waals surface area contributed by atoms with Gasteiger partial charge < -0.3 is 5.73 Å². The number of rotatable bonds is 2. The third-order valence-electron chi connectivity index (χ3n) is 1.74. The van der Waals surface area contributed by atoms with Gasteiger partial charge in [0.15, 0.2) is 0 Å². The molecule has 0 saturated heterocycles. The summed E-state index contributed by atoms with van der Waals surface area (Å²) >= 11 is 5.92. The second-order valence-electron chi connectivity index (χ2n) is 2.54. The van der Waals surface area contributed by atoms with Crippen molar-refractivity contribution in [3.8, 4) is 0 Å². The Morgan fingerprint density at radius 2 is 2.00 bits per heavy atom. The Hall–Kier alpha value is -0.240. The lowest BCUT2D eigenvalue weighted by molar-refractivity contribution is 0.699. The zero-order valence-electron chi connectivity index (χ0n) is 6.96. The van der Waals surface area contributed by atoms with Crippen LogP contribution in [-0.4, -0.2) is 0 Å². The first kappa shape index (κ1) is 11.8. The first-order valence-electron chi connectivity index (χ1n) is 3.75. The highest BCUT2D eigenvalue weighted by Gasteiger charge is 2.05. The Balaban J connectivity index is 0.00000121. The Kier molecular flexibility index (Phi) is 5.31. The maximum atomic E-state index is 5.92. The molecule has 0 fully saturated rings. The van der Waals surface area contributed by atoms with Crippen LogP contribution in [0.25, 0.3) is 0 Å². The summed E-state index contributed by atoms with van der Waals surface area (Å²) in [5.41, 5.74) is 6.85. The average molecular weight is 206 g/mol. The molecule has 0 aromatic heterocycles. The van der Waals surface area contributed by atoms with E-state index in [0.29, 0.717) is 0 Å². The van der Waals surface area contributed by atoms with E-state index in [1.165, 1.54) is 0 Å². The molecule has 0 aliphatic carbocycles. The van der Waals surface area contributed by atoms with Gasteiger partial charge in [0.05, 0.1) is 0 Å². The average Bonchev–Trinajstić information content (AvgIpc) is 2.04. The minimum atomic E-state index is 0. The lowest BCUT2D eigenvalue weighted by atomic mass is 10.1.